The van der Waals surface area contributed by atoms with Gasteiger partial charge in [-0.15, -0.1) is 0 Å². The first-order valence-corrected chi connectivity index (χ1v) is 8.14. The van der Waals surface area contributed by atoms with Crippen LogP contribution in [-0.2, 0) is 10.2 Å². The van der Waals surface area contributed by atoms with Crippen LogP contribution in [0.5, 0.6) is 0 Å². The Morgan fingerprint density at radius 1 is 1.15 bits per heavy atom. The minimum absolute atomic E-state index is 0.0547. The molecule has 136 valence electrons. The highest BCUT2D eigenvalue weighted by Gasteiger charge is 2.39. The van der Waals surface area contributed by atoms with Crippen LogP contribution in [0.3, 0.4) is 0 Å². The van der Waals surface area contributed by atoms with E-state index in [-0.39, 0.29) is 24.2 Å². The number of hydrogen-bond acceptors (Lipinski definition) is 4. The van der Waals surface area contributed by atoms with Crippen molar-refractivity contribution >= 4 is 17.6 Å². The number of carboxylic acid groups (broad SMARTS) is 1. The molecule has 0 spiro atoms. The zero-order chi connectivity index (χ0) is 19.3. The van der Waals surface area contributed by atoms with Crippen LogP contribution in [0.2, 0.25) is 0 Å². The van der Waals surface area contributed by atoms with E-state index in [1.54, 1.807) is 50.2 Å². The molecule has 0 fully saturated rings. The Labute approximate surface area is 150 Å². The van der Waals surface area contributed by atoms with Crippen molar-refractivity contribution in [1.29, 1.82) is 0 Å². The lowest BCUT2D eigenvalue weighted by Gasteiger charge is -2.29. The molecule has 26 heavy (non-hydrogen) atoms. The van der Waals surface area contributed by atoms with E-state index in [2.05, 4.69) is 5.32 Å². The summed E-state index contributed by atoms with van der Waals surface area (Å²) in [4.78, 5) is 35.2. The fourth-order valence-corrected chi connectivity index (χ4v) is 2.96. The summed E-state index contributed by atoms with van der Waals surface area (Å²) in [5.74, 6) is -1.73. The number of hydrogen-bond donors (Lipinski definition) is 2. The van der Waals surface area contributed by atoms with Crippen molar-refractivity contribution in [3.63, 3.8) is 0 Å². The topological polar surface area (TPSA) is 110 Å². The lowest BCUT2D eigenvalue weighted by Crippen LogP contribution is -2.46. The van der Waals surface area contributed by atoms with E-state index in [1.807, 2.05) is 0 Å². The first kappa shape index (κ1) is 19.1. The number of amides is 1. The molecule has 1 amide bonds. The average molecular weight is 356 g/mol. The average Bonchev–Trinajstić information content (AvgIpc) is 2.62. The van der Waals surface area contributed by atoms with E-state index >= 15 is 0 Å². The lowest BCUT2D eigenvalue weighted by molar-refractivity contribution is -0.385. The van der Waals surface area contributed by atoms with Crippen LogP contribution in [0.25, 0.3) is 0 Å². The van der Waals surface area contributed by atoms with Crippen molar-refractivity contribution in [3.05, 3.63) is 75.3 Å². The molecule has 0 saturated carbocycles. The molecule has 1 atom stereocenters. The first-order valence-electron chi connectivity index (χ1n) is 8.14. The second-order valence-electron chi connectivity index (χ2n) is 6.02. The van der Waals surface area contributed by atoms with Crippen molar-refractivity contribution in [3.8, 4) is 0 Å². The van der Waals surface area contributed by atoms with Crippen LogP contribution < -0.4 is 5.32 Å². The van der Waals surface area contributed by atoms with Gasteiger partial charge in [0.1, 0.15) is 11.0 Å². The number of nitro benzene ring substituents is 1. The third kappa shape index (κ3) is 3.56. The number of nitrogens with zero attached hydrogens (tertiary/aromatic N) is 1. The van der Waals surface area contributed by atoms with Gasteiger partial charge in [0.05, 0.1) is 4.92 Å². The fraction of sp³-hybridized carbons (Fsp3) is 0.263. The number of carbonyl (C=O) groups excluding carboxylic acids is 1. The standard InChI is InChI=1S/C19H20N2O5/c1-3-19(18(23)24,14-9-5-4-6-10-14)12-20-17(22)16-13(2)8-7-11-15(16)21(25)26/h4-11H,3,12H2,1-2H3,(H,20,22)(H,23,24). The van der Waals surface area contributed by atoms with Gasteiger partial charge in [-0.25, -0.2) is 0 Å². The number of nitro groups is 1. The van der Waals surface area contributed by atoms with E-state index in [4.69, 9.17) is 0 Å². The fourth-order valence-electron chi connectivity index (χ4n) is 2.96. The van der Waals surface area contributed by atoms with Gasteiger partial charge >= 0.3 is 5.97 Å². The number of carboxylic acids is 1. The van der Waals surface area contributed by atoms with Crippen molar-refractivity contribution in [2.45, 2.75) is 25.7 Å². The van der Waals surface area contributed by atoms with Crippen LogP contribution >= 0.6 is 0 Å². The van der Waals surface area contributed by atoms with Gasteiger partial charge in [0.15, 0.2) is 0 Å². The summed E-state index contributed by atoms with van der Waals surface area (Å²) in [5, 5.41) is 23.6. The van der Waals surface area contributed by atoms with Gasteiger partial charge in [0.25, 0.3) is 11.6 Å². The number of aryl methyl sites for hydroxylation is 1. The molecule has 0 bridgehead atoms. The molecule has 0 aliphatic heterocycles. The van der Waals surface area contributed by atoms with Crippen molar-refractivity contribution in [2.24, 2.45) is 0 Å². The highest BCUT2D eigenvalue weighted by molar-refractivity contribution is 6.00. The van der Waals surface area contributed by atoms with Gasteiger partial charge in [-0.3, -0.25) is 19.7 Å². The number of nitrogens with one attached hydrogen (secondary N) is 1. The Balaban J connectivity index is 2.35. The van der Waals surface area contributed by atoms with E-state index in [1.165, 1.54) is 12.1 Å². The maximum absolute atomic E-state index is 12.6. The Morgan fingerprint density at radius 3 is 2.35 bits per heavy atom. The van der Waals surface area contributed by atoms with Crippen LogP contribution in [0.15, 0.2) is 48.5 Å². The monoisotopic (exact) mass is 356 g/mol. The highest BCUT2D eigenvalue weighted by atomic mass is 16.6. The number of carbonyl (C=O) groups is 2. The molecule has 2 N–H and O–H groups in total. The van der Waals surface area contributed by atoms with E-state index in [0.29, 0.717) is 11.1 Å². The minimum Gasteiger partial charge on any atom is -0.481 e. The Hall–Kier alpha value is -3.22. The molecular weight excluding hydrogens is 336 g/mol. The van der Waals surface area contributed by atoms with E-state index < -0.39 is 22.2 Å². The zero-order valence-electron chi connectivity index (χ0n) is 14.6. The van der Waals surface area contributed by atoms with Gasteiger partial charge in [-0.05, 0) is 24.5 Å². The highest BCUT2D eigenvalue weighted by Crippen LogP contribution is 2.28. The molecule has 2 aromatic carbocycles. The number of aliphatic carboxylic acids is 1. The largest absolute Gasteiger partial charge is 0.481 e. The molecule has 2 rings (SSSR count). The smallest absolute Gasteiger partial charge is 0.315 e. The summed E-state index contributed by atoms with van der Waals surface area (Å²) in [6.07, 6.45) is 0.252. The molecular formula is C19H20N2O5. The first-order chi connectivity index (χ1) is 12.3. The van der Waals surface area contributed by atoms with E-state index in [0.717, 1.165) is 0 Å². The molecule has 0 radical (unpaired) electrons. The van der Waals surface area contributed by atoms with Gasteiger partial charge in [0, 0.05) is 12.6 Å². The molecule has 0 aliphatic rings. The van der Waals surface area contributed by atoms with Crippen LogP contribution in [-0.4, -0.2) is 28.5 Å². The molecule has 0 aromatic heterocycles. The molecule has 7 heteroatoms. The van der Waals surface area contributed by atoms with Crippen molar-refractivity contribution < 1.29 is 19.6 Å². The molecule has 1 unspecified atom stereocenters. The summed E-state index contributed by atoms with van der Waals surface area (Å²) in [7, 11) is 0. The van der Waals surface area contributed by atoms with Crippen molar-refractivity contribution in [1.82, 2.24) is 5.32 Å². The number of benzene rings is 2. The second kappa shape index (κ2) is 7.77. The second-order valence-corrected chi connectivity index (χ2v) is 6.02. The van der Waals surface area contributed by atoms with Gasteiger partial charge in [-0.2, -0.15) is 0 Å². The summed E-state index contributed by atoms with van der Waals surface area (Å²) >= 11 is 0. The van der Waals surface area contributed by atoms with Gasteiger partial charge in [0.2, 0.25) is 0 Å². The number of rotatable bonds is 7. The predicted molar refractivity (Wildman–Crippen MR) is 96.2 cm³/mol. The summed E-state index contributed by atoms with van der Waals surface area (Å²) in [5.41, 5.74) is -0.655. The van der Waals surface area contributed by atoms with Gasteiger partial charge < -0.3 is 10.4 Å². The van der Waals surface area contributed by atoms with E-state index in [9.17, 15) is 24.8 Å². The van der Waals surface area contributed by atoms with Crippen LogP contribution in [0, 0.1) is 17.0 Å². The molecule has 0 heterocycles. The quantitative estimate of drug-likeness (QED) is 0.585. The minimum atomic E-state index is -1.31. The molecule has 2 aromatic rings. The Morgan fingerprint density at radius 2 is 1.81 bits per heavy atom. The summed E-state index contributed by atoms with van der Waals surface area (Å²) < 4.78 is 0. The Kier molecular flexibility index (Phi) is 5.71. The van der Waals surface area contributed by atoms with Gasteiger partial charge in [-0.1, -0.05) is 49.4 Å². The SMILES string of the molecule is CCC(CNC(=O)c1c(C)cccc1[N+](=O)[O-])(C(=O)O)c1ccccc1. The third-order valence-electron chi connectivity index (χ3n) is 4.56. The predicted octanol–water partition coefficient (Wildman–Crippen LogP) is 3.07. The lowest BCUT2D eigenvalue weighted by atomic mass is 9.78. The molecule has 0 saturated heterocycles. The van der Waals surface area contributed by atoms with Crippen molar-refractivity contribution in [2.75, 3.05) is 6.54 Å². The normalized spacial score (nSPS) is 12.8. The van der Waals surface area contributed by atoms with Crippen LogP contribution in [0.1, 0.15) is 34.8 Å². The Bertz CT molecular complexity index is 835. The summed E-state index contributed by atoms with van der Waals surface area (Å²) in [6.45, 7) is 3.15. The molecule has 0 aliphatic carbocycles. The summed E-state index contributed by atoms with van der Waals surface area (Å²) in [6, 6.07) is 13.0. The van der Waals surface area contributed by atoms with Crippen LogP contribution in [0.4, 0.5) is 5.69 Å². The molecule has 7 nitrogen and oxygen atoms in total. The maximum Gasteiger partial charge on any atom is 0.315 e. The maximum atomic E-state index is 12.6. The zero-order valence-corrected chi connectivity index (χ0v) is 14.6. The third-order valence-corrected chi connectivity index (χ3v) is 4.56.